The van der Waals surface area contributed by atoms with E-state index in [0.29, 0.717) is 11.4 Å². The summed E-state index contributed by atoms with van der Waals surface area (Å²) in [4.78, 5) is 0.308. The quantitative estimate of drug-likeness (QED) is 0.858. The van der Waals surface area contributed by atoms with Gasteiger partial charge in [-0.05, 0) is 43.4 Å². The van der Waals surface area contributed by atoms with E-state index in [4.69, 9.17) is 10.5 Å². The molecule has 2 unspecified atom stereocenters. The minimum absolute atomic E-state index is 0.0391. The first kappa shape index (κ1) is 15.4. The van der Waals surface area contributed by atoms with E-state index in [0.717, 1.165) is 30.4 Å². The lowest BCUT2D eigenvalue weighted by Crippen LogP contribution is -2.40. The fourth-order valence-electron chi connectivity index (χ4n) is 2.67. The maximum absolute atomic E-state index is 12.5. The summed E-state index contributed by atoms with van der Waals surface area (Å²) >= 11 is 0. The number of aryl methyl sites for hydroxylation is 1. The molecule has 2 rings (SSSR count). The maximum Gasteiger partial charge on any atom is 0.241 e. The molecule has 1 saturated carbocycles. The molecule has 1 aliphatic carbocycles. The molecule has 2 atom stereocenters. The van der Waals surface area contributed by atoms with Crippen molar-refractivity contribution < 1.29 is 13.2 Å². The van der Waals surface area contributed by atoms with Gasteiger partial charge in [0.2, 0.25) is 10.0 Å². The van der Waals surface area contributed by atoms with Crippen molar-refractivity contribution in [3.63, 3.8) is 0 Å². The van der Waals surface area contributed by atoms with Crippen LogP contribution in [0, 0.1) is 6.92 Å². The Kier molecular flexibility index (Phi) is 4.80. The predicted molar refractivity (Wildman–Crippen MR) is 77.8 cm³/mol. The third-order valence-electron chi connectivity index (χ3n) is 3.84. The van der Waals surface area contributed by atoms with Gasteiger partial charge < -0.3 is 10.5 Å². The van der Waals surface area contributed by atoms with Crippen molar-refractivity contribution in [1.82, 2.24) is 4.72 Å². The first-order valence-corrected chi connectivity index (χ1v) is 8.31. The van der Waals surface area contributed by atoms with Crippen LogP contribution in [0.3, 0.4) is 0 Å². The van der Waals surface area contributed by atoms with Crippen molar-refractivity contribution in [1.29, 1.82) is 0 Å². The maximum atomic E-state index is 12.5. The SMILES string of the molecule is COC1CCCC1NS(=O)(=O)c1cc(CN)ccc1C. The monoisotopic (exact) mass is 298 g/mol. The Balaban J connectivity index is 2.26. The van der Waals surface area contributed by atoms with Crippen molar-refractivity contribution in [2.45, 2.75) is 49.8 Å². The Hall–Kier alpha value is -0.950. The van der Waals surface area contributed by atoms with Gasteiger partial charge in [-0.3, -0.25) is 0 Å². The zero-order chi connectivity index (χ0) is 14.8. The lowest BCUT2D eigenvalue weighted by molar-refractivity contribution is 0.0916. The second kappa shape index (κ2) is 6.22. The number of rotatable bonds is 5. The fourth-order valence-corrected chi connectivity index (χ4v) is 4.26. The molecule has 112 valence electrons. The summed E-state index contributed by atoms with van der Waals surface area (Å²) in [7, 11) is -1.91. The number of hydrogen-bond donors (Lipinski definition) is 2. The number of sulfonamides is 1. The Morgan fingerprint density at radius 2 is 2.15 bits per heavy atom. The predicted octanol–water partition coefficient (Wildman–Crippen LogP) is 1.30. The van der Waals surface area contributed by atoms with E-state index in [1.54, 1.807) is 26.2 Å². The molecule has 1 aliphatic rings. The van der Waals surface area contributed by atoms with Crippen LogP contribution in [-0.4, -0.2) is 27.7 Å². The number of methoxy groups -OCH3 is 1. The van der Waals surface area contributed by atoms with E-state index in [-0.39, 0.29) is 12.1 Å². The molecule has 6 heteroatoms. The van der Waals surface area contributed by atoms with Gasteiger partial charge in [0, 0.05) is 19.7 Å². The molecular formula is C14H22N2O3S. The van der Waals surface area contributed by atoms with E-state index < -0.39 is 10.0 Å². The molecule has 0 aromatic heterocycles. The highest BCUT2D eigenvalue weighted by atomic mass is 32.2. The normalized spacial score (nSPS) is 23.1. The van der Waals surface area contributed by atoms with Gasteiger partial charge in [0.05, 0.1) is 11.0 Å². The van der Waals surface area contributed by atoms with E-state index in [1.165, 1.54) is 0 Å². The first-order chi connectivity index (χ1) is 9.47. The molecule has 5 nitrogen and oxygen atoms in total. The molecule has 0 heterocycles. The summed E-state index contributed by atoms with van der Waals surface area (Å²) in [5.41, 5.74) is 7.12. The molecule has 0 saturated heterocycles. The molecule has 1 aromatic rings. The van der Waals surface area contributed by atoms with Gasteiger partial charge in [-0.15, -0.1) is 0 Å². The zero-order valence-electron chi connectivity index (χ0n) is 11.9. The molecule has 0 spiro atoms. The summed E-state index contributed by atoms with van der Waals surface area (Å²) in [6.45, 7) is 2.12. The highest BCUT2D eigenvalue weighted by molar-refractivity contribution is 7.89. The molecular weight excluding hydrogens is 276 g/mol. The smallest absolute Gasteiger partial charge is 0.241 e. The van der Waals surface area contributed by atoms with Crippen LogP contribution in [0.5, 0.6) is 0 Å². The van der Waals surface area contributed by atoms with Crippen LogP contribution in [0.1, 0.15) is 30.4 Å². The van der Waals surface area contributed by atoms with Gasteiger partial charge in [0.25, 0.3) is 0 Å². The Morgan fingerprint density at radius 1 is 1.40 bits per heavy atom. The molecule has 0 radical (unpaired) electrons. The average molecular weight is 298 g/mol. The van der Waals surface area contributed by atoms with Crippen LogP contribution in [0.15, 0.2) is 23.1 Å². The van der Waals surface area contributed by atoms with Gasteiger partial charge in [0.15, 0.2) is 0 Å². The van der Waals surface area contributed by atoms with Crippen molar-refractivity contribution >= 4 is 10.0 Å². The summed E-state index contributed by atoms with van der Waals surface area (Å²) in [6.07, 6.45) is 2.65. The minimum atomic E-state index is -3.54. The van der Waals surface area contributed by atoms with E-state index in [9.17, 15) is 8.42 Å². The van der Waals surface area contributed by atoms with Gasteiger partial charge in [-0.1, -0.05) is 12.1 Å². The average Bonchev–Trinajstić information content (AvgIpc) is 2.85. The topological polar surface area (TPSA) is 81.4 Å². The molecule has 0 amide bonds. The van der Waals surface area contributed by atoms with Crippen molar-refractivity contribution in [3.05, 3.63) is 29.3 Å². The van der Waals surface area contributed by atoms with Crippen LogP contribution in [0.25, 0.3) is 0 Å². The Bertz CT molecular complexity index is 572. The van der Waals surface area contributed by atoms with Gasteiger partial charge in [-0.2, -0.15) is 0 Å². The molecule has 0 aliphatic heterocycles. The largest absolute Gasteiger partial charge is 0.380 e. The number of benzene rings is 1. The summed E-state index contributed by atoms with van der Waals surface area (Å²) in [6, 6.07) is 5.14. The van der Waals surface area contributed by atoms with Gasteiger partial charge in [0.1, 0.15) is 0 Å². The lowest BCUT2D eigenvalue weighted by Gasteiger charge is -2.20. The van der Waals surface area contributed by atoms with Crippen LogP contribution in [0.2, 0.25) is 0 Å². The molecule has 3 N–H and O–H groups in total. The molecule has 20 heavy (non-hydrogen) atoms. The molecule has 0 bridgehead atoms. The number of nitrogens with one attached hydrogen (secondary N) is 1. The van der Waals surface area contributed by atoms with Crippen LogP contribution in [0.4, 0.5) is 0 Å². The van der Waals surface area contributed by atoms with Crippen LogP contribution >= 0.6 is 0 Å². The Labute approximate surface area is 120 Å². The summed E-state index contributed by atoms with van der Waals surface area (Å²) in [5.74, 6) is 0. The number of ether oxygens (including phenoxy) is 1. The third-order valence-corrected chi connectivity index (χ3v) is 5.47. The zero-order valence-corrected chi connectivity index (χ0v) is 12.7. The molecule has 1 aromatic carbocycles. The van der Waals surface area contributed by atoms with Crippen molar-refractivity contribution in [3.8, 4) is 0 Å². The first-order valence-electron chi connectivity index (χ1n) is 6.82. The van der Waals surface area contributed by atoms with Gasteiger partial charge in [-0.25, -0.2) is 13.1 Å². The summed E-state index contributed by atoms with van der Waals surface area (Å²) < 4.78 is 33.2. The van der Waals surface area contributed by atoms with Crippen molar-refractivity contribution in [2.75, 3.05) is 7.11 Å². The Morgan fingerprint density at radius 3 is 2.80 bits per heavy atom. The third kappa shape index (κ3) is 3.20. The minimum Gasteiger partial charge on any atom is -0.380 e. The van der Waals surface area contributed by atoms with Crippen LogP contribution in [-0.2, 0) is 21.3 Å². The number of nitrogens with two attached hydrogens (primary N) is 1. The number of hydrogen-bond acceptors (Lipinski definition) is 4. The second-order valence-electron chi connectivity index (χ2n) is 5.24. The summed E-state index contributed by atoms with van der Waals surface area (Å²) in [5, 5.41) is 0. The van der Waals surface area contributed by atoms with Crippen molar-refractivity contribution in [2.24, 2.45) is 5.73 Å². The fraction of sp³-hybridized carbons (Fsp3) is 0.571. The lowest BCUT2D eigenvalue weighted by atomic mass is 10.1. The standard InChI is InChI=1S/C14H22N2O3S/c1-10-6-7-11(9-15)8-14(10)20(17,18)16-12-4-3-5-13(12)19-2/h6-8,12-13,16H,3-5,9,15H2,1-2H3. The van der Waals surface area contributed by atoms with Crippen LogP contribution < -0.4 is 10.5 Å². The van der Waals surface area contributed by atoms with E-state index in [2.05, 4.69) is 4.72 Å². The van der Waals surface area contributed by atoms with E-state index in [1.807, 2.05) is 6.07 Å². The highest BCUT2D eigenvalue weighted by Gasteiger charge is 2.31. The second-order valence-corrected chi connectivity index (χ2v) is 6.92. The highest BCUT2D eigenvalue weighted by Crippen LogP contribution is 2.24. The van der Waals surface area contributed by atoms with Gasteiger partial charge >= 0.3 is 0 Å². The van der Waals surface area contributed by atoms with E-state index >= 15 is 0 Å². The molecule has 1 fully saturated rings.